The van der Waals surface area contributed by atoms with Crippen LogP contribution in [0, 0.1) is 5.92 Å². The quantitative estimate of drug-likeness (QED) is 0.721. The van der Waals surface area contributed by atoms with Crippen LogP contribution in [0.1, 0.15) is 19.4 Å². The summed E-state index contributed by atoms with van der Waals surface area (Å²) in [5, 5.41) is 3.41. The number of pyridine rings is 1. The van der Waals surface area contributed by atoms with Crippen molar-refractivity contribution in [2.45, 2.75) is 20.4 Å². The van der Waals surface area contributed by atoms with Gasteiger partial charge in [-0.1, -0.05) is 19.9 Å². The molecule has 0 atom stereocenters. The maximum atomic E-state index is 4.08. The van der Waals surface area contributed by atoms with Crippen LogP contribution in [-0.4, -0.2) is 23.0 Å². The molecule has 0 radical (unpaired) electrons. The fraction of sp³-hybridized carbons (Fsp3) is 0.583. The zero-order valence-corrected chi connectivity index (χ0v) is 10.4. The van der Waals surface area contributed by atoms with Gasteiger partial charge in [0.15, 0.2) is 0 Å². The molecule has 3 heteroatoms. The van der Waals surface area contributed by atoms with Gasteiger partial charge in [0.1, 0.15) is 0 Å². The maximum absolute atomic E-state index is 4.08. The largest absolute Gasteiger partial charge is 0.312 e. The molecular formula is C12H20N2S. The third kappa shape index (κ3) is 6.52. The molecule has 84 valence electrons. The second-order valence-corrected chi connectivity index (χ2v) is 5.16. The SMILES string of the molecule is CC(C)CSCCNCc1cccnc1. The zero-order valence-electron chi connectivity index (χ0n) is 9.57. The van der Waals surface area contributed by atoms with E-state index in [-0.39, 0.29) is 0 Å². The molecule has 0 aliphatic heterocycles. The number of hydrogen-bond acceptors (Lipinski definition) is 3. The molecule has 0 amide bonds. The Kier molecular flexibility index (Phi) is 6.44. The molecule has 0 fully saturated rings. The first-order valence-corrected chi connectivity index (χ1v) is 6.62. The Morgan fingerprint density at radius 3 is 3.00 bits per heavy atom. The van der Waals surface area contributed by atoms with Gasteiger partial charge >= 0.3 is 0 Å². The molecular weight excluding hydrogens is 204 g/mol. The van der Waals surface area contributed by atoms with Crippen molar-refractivity contribution in [1.82, 2.24) is 10.3 Å². The second kappa shape index (κ2) is 7.71. The van der Waals surface area contributed by atoms with Crippen LogP contribution in [-0.2, 0) is 6.54 Å². The minimum atomic E-state index is 0.799. The van der Waals surface area contributed by atoms with E-state index in [1.807, 2.05) is 30.2 Å². The number of nitrogens with zero attached hydrogens (tertiary/aromatic N) is 1. The molecule has 15 heavy (non-hydrogen) atoms. The van der Waals surface area contributed by atoms with Gasteiger partial charge in [0.05, 0.1) is 0 Å². The van der Waals surface area contributed by atoms with E-state index >= 15 is 0 Å². The van der Waals surface area contributed by atoms with Crippen molar-refractivity contribution in [3.63, 3.8) is 0 Å². The van der Waals surface area contributed by atoms with Crippen LogP contribution in [0.3, 0.4) is 0 Å². The topological polar surface area (TPSA) is 24.9 Å². The molecule has 0 spiro atoms. The van der Waals surface area contributed by atoms with Gasteiger partial charge in [0.2, 0.25) is 0 Å². The lowest BCUT2D eigenvalue weighted by atomic mass is 10.3. The molecule has 0 saturated heterocycles. The number of aromatic nitrogens is 1. The summed E-state index contributed by atoms with van der Waals surface area (Å²) in [5.74, 6) is 3.25. The van der Waals surface area contributed by atoms with Gasteiger partial charge in [0.25, 0.3) is 0 Å². The highest BCUT2D eigenvalue weighted by Gasteiger charge is 1.94. The van der Waals surface area contributed by atoms with Gasteiger partial charge < -0.3 is 5.32 Å². The van der Waals surface area contributed by atoms with E-state index in [1.54, 1.807) is 0 Å². The third-order valence-electron chi connectivity index (χ3n) is 1.93. The molecule has 1 aromatic heterocycles. The first kappa shape index (κ1) is 12.5. The average molecular weight is 224 g/mol. The summed E-state index contributed by atoms with van der Waals surface area (Å²) in [6, 6.07) is 4.08. The summed E-state index contributed by atoms with van der Waals surface area (Å²) in [5.41, 5.74) is 1.26. The van der Waals surface area contributed by atoms with Crippen LogP contribution >= 0.6 is 11.8 Å². The van der Waals surface area contributed by atoms with Crippen LogP contribution in [0.15, 0.2) is 24.5 Å². The molecule has 1 rings (SSSR count). The number of thioether (sulfide) groups is 1. The monoisotopic (exact) mass is 224 g/mol. The van der Waals surface area contributed by atoms with Gasteiger partial charge in [-0.25, -0.2) is 0 Å². The van der Waals surface area contributed by atoms with Crippen molar-refractivity contribution in [2.24, 2.45) is 5.92 Å². The summed E-state index contributed by atoms with van der Waals surface area (Å²) >= 11 is 2.02. The Balaban J connectivity index is 1.98. The van der Waals surface area contributed by atoms with Crippen molar-refractivity contribution in [1.29, 1.82) is 0 Å². The molecule has 0 unspecified atom stereocenters. The van der Waals surface area contributed by atoms with E-state index in [1.165, 1.54) is 17.1 Å². The summed E-state index contributed by atoms with van der Waals surface area (Å²) in [4.78, 5) is 4.08. The van der Waals surface area contributed by atoms with Crippen molar-refractivity contribution in [3.8, 4) is 0 Å². The highest BCUT2D eigenvalue weighted by atomic mass is 32.2. The van der Waals surface area contributed by atoms with E-state index in [9.17, 15) is 0 Å². The van der Waals surface area contributed by atoms with Crippen LogP contribution in [0.5, 0.6) is 0 Å². The molecule has 0 saturated carbocycles. The predicted octanol–water partition coefficient (Wildman–Crippen LogP) is 2.56. The van der Waals surface area contributed by atoms with E-state index in [0.717, 1.165) is 19.0 Å². The van der Waals surface area contributed by atoms with Crippen LogP contribution < -0.4 is 5.32 Å². The summed E-state index contributed by atoms with van der Waals surface area (Å²) < 4.78 is 0. The lowest BCUT2D eigenvalue weighted by Gasteiger charge is -2.06. The molecule has 0 aliphatic rings. The minimum absolute atomic E-state index is 0.799. The average Bonchev–Trinajstić information content (AvgIpc) is 2.24. The third-order valence-corrected chi connectivity index (χ3v) is 3.32. The van der Waals surface area contributed by atoms with Gasteiger partial charge in [-0.2, -0.15) is 11.8 Å². The molecule has 0 bridgehead atoms. The normalized spacial score (nSPS) is 10.9. The van der Waals surface area contributed by atoms with Crippen molar-refractivity contribution < 1.29 is 0 Å². The van der Waals surface area contributed by atoms with Crippen LogP contribution in [0.4, 0.5) is 0 Å². The maximum Gasteiger partial charge on any atom is 0.0312 e. The molecule has 1 aromatic rings. The minimum Gasteiger partial charge on any atom is -0.312 e. The van der Waals surface area contributed by atoms with Crippen molar-refractivity contribution in [3.05, 3.63) is 30.1 Å². The lowest BCUT2D eigenvalue weighted by molar-refractivity contribution is 0.724. The molecule has 1 heterocycles. The van der Waals surface area contributed by atoms with Gasteiger partial charge in [-0.3, -0.25) is 4.98 Å². The van der Waals surface area contributed by atoms with E-state index in [0.29, 0.717) is 0 Å². The fourth-order valence-electron chi connectivity index (χ4n) is 1.20. The highest BCUT2D eigenvalue weighted by molar-refractivity contribution is 7.99. The summed E-state index contributed by atoms with van der Waals surface area (Å²) in [6.45, 7) is 6.52. The van der Waals surface area contributed by atoms with Gasteiger partial charge in [-0.15, -0.1) is 0 Å². The standard InChI is InChI=1S/C12H20N2S/c1-11(2)10-15-7-6-14-9-12-4-3-5-13-8-12/h3-5,8,11,14H,6-7,9-10H2,1-2H3. The summed E-state index contributed by atoms with van der Waals surface area (Å²) in [7, 11) is 0. The molecule has 0 aromatic carbocycles. The van der Waals surface area contributed by atoms with Crippen LogP contribution in [0.25, 0.3) is 0 Å². The van der Waals surface area contributed by atoms with Crippen molar-refractivity contribution in [2.75, 3.05) is 18.1 Å². The van der Waals surface area contributed by atoms with E-state index in [4.69, 9.17) is 0 Å². The smallest absolute Gasteiger partial charge is 0.0312 e. The fourth-order valence-corrected chi connectivity index (χ4v) is 2.13. The predicted molar refractivity (Wildman–Crippen MR) is 68.1 cm³/mol. The first-order chi connectivity index (χ1) is 7.29. The second-order valence-electron chi connectivity index (χ2n) is 4.01. The first-order valence-electron chi connectivity index (χ1n) is 5.46. The van der Waals surface area contributed by atoms with E-state index in [2.05, 4.69) is 30.2 Å². The Hall–Kier alpha value is -0.540. The Labute approximate surface area is 96.9 Å². The van der Waals surface area contributed by atoms with E-state index < -0.39 is 0 Å². The number of nitrogens with one attached hydrogen (secondary N) is 1. The zero-order chi connectivity index (χ0) is 10.9. The molecule has 1 N–H and O–H groups in total. The van der Waals surface area contributed by atoms with Crippen LogP contribution in [0.2, 0.25) is 0 Å². The Morgan fingerprint density at radius 2 is 2.33 bits per heavy atom. The van der Waals surface area contributed by atoms with Gasteiger partial charge in [-0.05, 0) is 23.3 Å². The van der Waals surface area contributed by atoms with Crippen molar-refractivity contribution >= 4 is 11.8 Å². The number of hydrogen-bond donors (Lipinski definition) is 1. The highest BCUT2D eigenvalue weighted by Crippen LogP contribution is 2.05. The molecule has 0 aliphatic carbocycles. The Bertz CT molecular complexity index is 249. The van der Waals surface area contributed by atoms with Gasteiger partial charge in [0, 0.05) is 31.2 Å². The number of rotatable bonds is 7. The summed E-state index contributed by atoms with van der Waals surface area (Å²) in [6.07, 6.45) is 3.72. The lowest BCUT2D eigenvalue weighted by Crippen LogP contribution is -2.17. The molecule has 2 nitrogen and oxygen atoms in total. The Morgan fingerprint density at radius 1 is 1.47 bits per heavy atom.